The number of nitrogens with one attached hydrogen (secondary N) is 1. The van der Waals surface area contributed by atoms with E-state index in [1.807, 2.05) is 0 Å². The second-order valence-electron chi connectivity index (χ2n) is 12.2. The highest BCUT2D eigenvalue weighted by Crippen LogP contribution is 2.79. The Kier molecular flexibility index (Phi) is 8.28. The lowest BCUT2D eigenvalue weighted by atomic mass is 9.73. The molecule has 4 heteroatoms. The van der Waals surface area contributed by atoms with Crippen molar-refractivity contribution in [2.45, 2.75) is 71.6 Å². The van der Waals surface area contributed by atoms with E-state index in [0.717, 1.165) is 12.6 Å². The van der Waals surface area contributed by atoms with Crippen LogP contribution in [0.3, 0.4) is 0 Å². The highest BCUT2D eigenvalue weighted by Gasteiger charge is 2.54. The van der Waals surface area contributed by atoms with Gasteiger partial charge in [0.25, 0.3) is 0 Å². The van der Waals surface area contributed by atoms with Crippen LogP contribution in [0.1, 0.15) is 82.7 Å². The molecule has 0 saturated carbocycles. The van der Waals surface area contributed by atoms with Gasteiger partial charge in [0.1, 0.15) is 10.8 Å². The van der Waals surface area contributed by atoms with E-state index in [2.05, 4.69) is 131 Å². The van der Waals surface area contributed by atoms with Crippen LogP contribution in [0.2, 0.25) is 0 Å². The molecule has 2 nitrogen and oxygen atoms in total. The Morgan fingerprint density at radius 2 is 1.51 bits per heavy atom. The first-order valence-corrected chi connectivity index (χ1v) is 16.9. The van der Waals surface area contributed by atoms with Gasteiger partial charge in [-0.1, -0.05) is 111 Å². The fourth-order valence-electron chi connectivity index (χ4n) is 6.03. The Balaban J connectivity index is 1.70. The minimum absolute atomic E-state index is 0.0439. The van der Waals surface area contributed by atoms with Crippen LogP contribution < -0.4 is 4.72 Å². The molecule has 2 aliphatic rings. The summed E-state index contributed by atoms with van der Waals surface area (Å²) in [4.78, 5) is 0. The van der Waals surface area contributed by atoms with Crippen LogP contribution in [0, 0.1) is 5.41 Å². The third-order valence-corrected chi connectivity index (χ3v) is 13.0. The third kappa shape index (κ3) is 5.44. The first-order chi connectivity index (χ1) is 18.6. The van der Waals surface area contributed by atoms with E-state index >= 15 is 0 Å². The van der Waals surface area contributed by atoms with Crippen LogP contribution in [0.15, 0.2) is 95.8 Å². The van der Waals surface area contributed by atoms with E-state index < -0.39 is 19.3 Å². The number of rotatable bonds is 9. The molecule has 39 heavy (non-hydrogen) atoms. The van der Waals surface area contributed by atoms with Gasteiger partial charge in [-0.05, 0) is 93.1 Å². The number of hydrogen-bond acceptors (Lipinski definition) is 2. The van der Waals surface area contributed by atoms with Crippen molar-refractivity contribution in [3.63, 3.8) is 0 Å². The molecule has 0 aromatic heterocycles. The Morgan fingerprint density at radius 3 is 2.08 bits per heavy atom. The monoisotopic (exact) mass is 555 g/mol. The van der Waals surface area contributed by atoms with Crippen LogP contribution in [-0.4, -0.2) is 15.5 Å². The summed E-state index contributed by atoms with van der Waals surface area (Å²) in [6, 6.07) is 30.9. The predicted octanol–water partition coefficient (Wildman–Crippen LogP) is 9.48. The molecule has 1 unspecified atom stereocenters. The van der Waals surface area contributed by atoms with Gasteiger partial charge in [-0.3, -0.25) is 0 Å². The molecule has 204 valence electrons. The fraction of sp³-hybridized carbons (Fsp3) is 0.371. The summed E-state index contributed by atoms with van der Waals surface area (Å²) in [6.45, 7) is 13.2. The number of unbranched alkanes of at least 4 members (excludes halogenated alkanes) is 1. The van der Waals surface area contributed by atoms with Crippen LogP contribution >= 0.6 is 7.92 Å². The molecule has 2 bridgehead atoms. The Morgan fingerprint density at radius 1 is 0.923 bits per heavy atom. The molecular formula is C35H42NOPS. The van der Waals surface area contributed by atoms with Crippen molar-refractivity contribution < 1.29 is 4.55 Å². The van der Waals surface area contributed by atoms with E-state index in [0.29, 0.717) is 0 Å². The molecule has 3 aromatic carbocycles. The molecule has 5 rings (SSSR count). The first kappa shape index (κ1) is 28.4. The summed E-state index contributed by atoms with van der Waals surface area (Å²) in [7, 11) is -0.607. The normalized spacial score (nSPS) is 22.5. The van der Waals surface area contributed by atoms with E-state index in [1.165, 1.54) is 56.9 Å². The standard InChI is InChI=1S/C35H42NOPS/c1-7-8-15-26-20-22-28(23-21-26)31(36-39(37)34(3,4)5)33-30(27-16-11-9-12-17-27)35(6)24-38(33)32(25(35)2)29-18-13-10-14-19-29/h9-14,16-23,31,36H,7-8,15,24H2,1-6H3/t31-,35-,38+,39?/m0/s1. The molecule has 0 amide bonds. The topological polar surface area (TPSA) is 35.1 Å². The zero-order chi connectivity index (χ0) is 27.8. The highest BCUT2D eigenvalue weighted by atomic mass is 32.2. The van der Waals surface area contributed by atoms with E-state index in [1.54, 1.807) is 0 Å². The van der Waals surface area contributed by atoms with Crippen molar-refractivity contribution in [2.75, 3.05) is 6.16 Å². The number of aryl methyl sites for hydroxylation is 1. The van der Waals surface area contributed by atoms with Crippen molar-refractivity contribution in [1.29, 1.82) is 0 Å². The van der Waals surface area contributed by atoms with Gasteiger partial charge >= 0.3 is 0 Å². The molecule has 0 spiro atoms. The lowest BCUT2D eigenvalue weighted by molar-refractivity contribution is 0.536. The number of hydrogen-bond donors (Lipinski definition) is 1. The molecule has 0 radical (unpaired) electrons. The van der Waals surface area contributed by atoms with Gasteiger partial charge in [0, 0.05) is 16.8 Å². The molecule has 1 N–H and O–H groups in total. The molecular weight excluding hydrogens is 513 g/mol. The smallest absolute Gasteiger partial charge is 0.136 e. The van der Waals surface area contributed by atoms with Gasteiger partial charge in [-0.25, -0.2) is 0 Å². The Bertz CT molecular complexity index is 1360. The van der Waals surface area contributed by atoms with Crippen molar-refractivity contribution in [2.24, 2.45) is 5.41 Å². The lowest BCUT2D eigenvalue weighted by Gasteiger charge is -2.36. The number of allylic oxidation sites excluding steroid dienone is 2. The minimum atomic E-state index is -1.22. The summed E-state index contributed by atoms with van der Waals surface area (Å²) in [5, 5.41) is 2.96. The number of fused-ring (bicyclic) bond motifs is 2. The third-order valence-electron chi connectivity index (χ3n) is 8.32. The zero-order valence-corrected chi connectivity index (χ0v) is 26.0. The van der Waals surface area contributed by atoms with Gasteiger partial charge in [0.2, 0.25) is 0 Å². The molecule has 0 saturated heterocycles. The number of benzene rings is 3. The fourth-order valence-corrected chi connectivity index (χ4v) is 10.8. The van der Waals surface area contributed by atoms with E-state index in [9.17, 15) is 4.55 Å². The maximum Gasteiger partial charge on any atom is 0.136 e. The van der Waals surface area contributed by atoms with Crippen LogP contribution in [0.25, 0.3) is 10.9 Å². The van der Waals surface area contributed by atoms with Crippen molar-refractivity contribution in [3.8, 4) is 0 Å². The average Bonchev–Trinajstić information content (AvgIpc) is 3.38. The minimum Gasteiger partial charge on any atom is -0.598 e. The molecule has 4 atom stereocenters. The van der Waals surface area contributed by atoms with E-state index in [-0.39, 0.29) is 16.2 Å². The molecule has 0 aliphatic carbocycles. The average molecular weight is 556 g/mol. The Hall–Kier alpha value is -2.16. The Labute approximate surface area is 240 Å². The van der Waals surface area contributed by atoms with Gasteiger partial charge in [-0.15, -0.1) is 4.72 Å². The lowest BCUT2D eigenvalue weighted by Crippen LogP contribution is -2.41. The predicted molar refractivity (Wildman–Crippen MR) is 171 cm³/mol. The molecule has 2 heterocycles. The van der Waals surface area contributed by atoms with Crippen molar-refractivity contribution >= 4 is 30.2 Å². The second kappa shape index (κ2) is 11.4. The van der Waals surface area contributed by atoms with Gasteiger partial charge in [0.15, 0.2) is 0 Å². The molecule has 0 fully saturated rings. The van der Waals surface area contributed by atoms with Crippen LogP contribution in [-0.2, 0) is 17.8 Å². The summed E-state index contributed by atoms with van der Waals surface area (Å²) in [6.07, 6.45) is 4.62. The van der Waals surface area contributed by atoms with Crippen molar-refractivity contribution in [3.05, 3.63) is 118 Å². The van der Waals surface area contributed by atoms with Gasteiger partial charge in [0.05, 0.1) is 0 Å². The quantitative estimate of drug-likeness (QED) is 0.211. The van der Waals surface area contributed by atoms with Gasteiger partial charge in [-0.2, -0.15) is 0 Å². The summed E-state index contributed by atoms with van der Waals surface area (Å²) < 4.78 is 17.0. The summed E-state index contributed by atoms with van der Waals surface area (Å²) >= 11 is -1.22. The maximum absolute atomic E-state index is 13.7. The largest absolute Gasteiger partial charge is 0.598 e. The maximum atomic E-state index is 13.7. The zero-order valence-electron chi connectivity index (χ0n) is 24.3. The first-order valence-electron chi connectivity index (χ1n) is 14.3. The second-order valence-corrected chi connectivity index (χ2v) is 16.3. The SMILES string of the molecule is CCCCc1ccc([C@H](N[S+]([O-])C(C)(C)C)C2=C(c3ccccc3)[C@@]3(C)C[P@]2C(c2ccccc2)=C3C)cc1. The summed E-state index contributed by atoms with van der Waals surface area (Å²) in [5.74, 6) is 0. The van der Waals surface area contributed by atoms with Crippen LogP contribution in [0.5, 0.6) is 0 Å². The van der Waals surface area contributed by atoms with Gasteiger partial charge < -0.3 is 4.55 Å². The molecule has 2 aliphatic heterocycles. The molecule has 3 aromatic rings. The highest BCUT2D eigenvalue weighted by molar-refractivity contribution is 7.90. The van der Waals surface area contributed by atoms with Crippen molar-refractivity contribution in [1.82, 2.24) is 4.72 Å². The van der Waals surface area contributed by atoms with Crippen LogP contribution in [0.4, 0.5) is 0 Å². The summed E-state index contributed by atoms with van der Waals surface area (Å²) in [5.41, 5.74) is 8.09. The van der Waals surface area contributed by atoms with E-state index in [4.69, 9.17) is 0 Å².